The molecule has 0 fully saturated rings. The van der Waals surface area contributed by atoms with Crippen LogP contribution >= 0.6 is 11.3 Å². The van der Waals surface area contributed by atoms with Crippen LogP contribution in [0.15, 0.2) is 22.9 Å². The lowest BCUT2D eigenvalue weighted by atomic mass is 10.2. The van der Waals surface area contributed by atoms with Crippen LogP contribution in [0.5, 0.6) is 11.5 Å². The van der Waals surface area contributed by atoms with Crippen molar-refractivity contribution in [1.82, 2.24) is 9.97 Å². The molecular weight excluding hydrogens is 260 g/mol. The first-order valence-corrected chi connectivity index (χ1v) is 6.82. The summed E-state index contributed by atoms with van der Waals surface area (Å²) in [4.78, 5) is 7.94. The van der Waals surface area contributed by atoms with Crippen LogP contribution < -0.4 is 9.47 Å². The van der Waals surface area contributed by atoms with Crippen LogP contribution in [0.3, 0.4) is 0 Å². The summed E-state index contributed by atoms with van der Waals surface area (Å²) in [6.45, 7) is 2.08. The lowest BCUT2D eigenvalue weighted by Gasteiger charge is -2.06. The number of hydrogen-bond acceptors (Lipinski definition) is 4. The molecule has 19 heavy (non-hydrogen) atoms. The number of methoxy groups -OCH3 is 2. The van der Waals surface area contributed by atoms with Crippen LogP contribution in [0.2, 0.25) is 0 Å². The maximum absolute atomic E-state index is 5.30. The van der Waals surface area contributed by atoms with Gasteiger partial charge in [-0.15, -0.1) is 0 Å². The number of nitrogens with zero attached hydrogens (tertiary/aromatic N) is 1. The number of aryl methyl sites for hydroxylation is 1. The molecule has 0 aliphatic carbocycles. The molecule has 1 N–H and O–H groups in total. The summed E-state index contributed by atoms with van der Waals surface area (Å²) < 4.78 is 10.6. The molecular formula is C14H14N2O2S. The molecule has 0 saturated carbocycles. The van der Waals surface area contributed by atoms with Gasteiger partial charge in [0.25, 0.3) is 0 Å². The zero-order valence-electron chi connectivity index (χ0n) is 11.0. The third kappa shape index (κ3) is 1.96. The number of nitrogens with one attached hydrogen (secondary N) is 1. The predicted molar refractivity (Wildman–Crippen MR) is 77.2 cm³/mol. The number of benzene rings is 1. The highest BCUT2D eigenvalue weighted by atomic mass is 32.1. The van der Waals surface area contributed by atoms with Crippen molar-refractivity contribution in [2.24, 2.45) is 0 Å². The standard InChI is InChI=1S/C14H14N2O2S/c1-8-6-19-7-9(8)14-15-10-4-12(17-2)13(18-3)5-11(10)16-14/h4-7H,1-3H3,(H,15,16). The second kappa shape index (κ2) is 4.59. The summed E-state index contributed by atoms with van der Waals surface area (Å²) in [5.74, 6) is 2.27. The van der Waals surface area contributed by atoms with Crippen molar-refractivity contribution in [3.63, 3.8) is 0 Å². The van der Waals surface area contributed by atoms with Gasteiger partial charge >= 0.3 is 0 Å². The Hall–Kier alpha value is -2.01. The fraction of sp³-hybridized carbons (Fsp3) is 0.214. The minimum Gasteiger partial charge on any atom is -0.493 e. The summed E-state index contributed by atoms with van der Waals surface area (Å²) >= 11 is 1.68. The predicted octanol–water partition coefficient (Wildman–Crippen LogP) is 3.62. The van der Waals surface area contributed by atoms with Gasteiger partial charge in [-0.05, 0) is 17.9 Å². The van der Waals surface area contributed by atoms with Gasteiger partial charge in [-0.1, -0.05) is 0 Å². The summed E-state index contributed by atoms with van der Waals surface area (Å²) in [7, 11) is 3.25. The SMILES string of the molecule is COc1cc2nc(-c3cscc3C)[nH]c2cc1OC. The Labute approximate surface area is 115 Å². The zero-order valence-corrected chi connectivity index (χ0v) is 11.8. The van der Waals surface area contributed by atoms with Crippen molar-refractivity contribution in [3.8, 4) is 22.9 Å². The fourth-order valence-corrected chi connectivity index (χ4v) is 2.90. The van der Waals surface area contributed by atoms with E-state index >= 15 is 0 Å². The van der Waals surface area contributed by atoms with Gasteiger partial charge in [0.2, 0.25) is 0 Å². The quantitative estimate of drug-likeness (QED) is 0.793. The molecule has 0 aliphatic heterocycles. The van der Waals surface area contributed by atoms with Crippen molar-refractivity contribution in [2.75, 3.05) is 14.2 Å². The van der Waals surface area contributed by atoms with Gasteiger partial charge < -0.3 is 14.5 Å². The number of aromatic amines is 1. The van der Waals surface area contributed by atoms with Gasteiger partial charge in [-0.2, -0.15) is 11.3 Å². The van der Waals surface area contributed by atoms with E-state index in [9.17, 15) is 0 Å². The van der Waals surface area contributed by atoms with Crippen LogP contribution in [0.4, 0.5) is 0 Å². The Bertz CT molecular complexity index is 689. The zero-order chi connectivity index (χ0) is 13.4. The van der Waals surface area contributed by atoms with E-state index in [2.05, 4.69) is 27.7 Å². The number of hydrogen-bond donors (Lipinski definition) is 1. The highest BCUT2D eigenvalue weighted by molar-refractivity contribution is 7.08. The second-order valence-electron chi connectivity index (χ2n) is 4.28. The average Bonchev–Trinajstić information content (AvgIpc) is 3.01. The molecule has 5 heteroatoms. The summed E-state index contributed by atoms with van der Waals surface area (Å²) in [5, 5.41) is 4.21. The molecule has 0 spiro atoms. The highest BCUT2D eigenvalue weighted by Gasteiger charge is 2.12. The van der Waals surface area contributed by atoms with E-state index in [1.807, 2.05) is 12.1 Å². The number of rotatable bonds is 3. The minimum absolute atomic E-state index is 0.690. The number of aromatic nitrogens is 2. The third-order valence-electron chi connectivity index (χ3n) is 3.10. The average molecular weight is 274 g/mol. The molecule has 0 atom stereocenters. The molecule has 0 bridgehead atoms. The van der Waals surface area contributed by atoms with E-state index in [0.717, 1.165) is 22.4 Å². The van der Waals surface area contributed by atoms with E-state index < -0.39 is 0 Å². The highest BCUT2D eigenvalue weighted by Crippen LogP contribution is 2.33. The van der Waals surface area contributed by atoms with Crippen molar-refractivity contribution in [1.29, 1.82) is 0 Å². The summed E-state index contributed by atoms with van der Waals surface area (Å²) in [6.07, 6.45) is 0. The molecule has 98 valence electrons. The molecule has 1 aromatic carbocycles. The Morgan fingerprint density at radius 2 is 1.84 bits per heavy atom. The van der Waals surface area contributed by atoms with Gasteiger partial charge in [-0.25, -0.2) is 4.98 Å². The molecule has 2 heterocycles. The van der Waals surface area contributed by atoms with Crippen molar-refractivity contribution in [2.45, 2.75) is 6.92 Å². The van der Waals surface area contributed by atoms with E-state index in [-0.39, 0.29) is 0 Å². The van der Waals surface area contributed by atoms with Crippen LogP contribution in [-0.2, 0) is 0 Å². The van der Waals surface area contributed by atoms with Gasteiger partial charge in [0.05, 0.1) is 25.3 Å². The van der Waals surface area contributed by atoms with Gasteiger partial charge in [-0.3, -0.25) is 0 Å². The lowest BCUT2D eigenvalue weighted by molar-refractivity contribution is 0.356. The summed E-state index contributed by atoms with van der Waals surface area (Å²) in [5.41, 5.74) is 4.18. The van der Waals surface area contributed by atoms with Gasteiger partial charge in [0.1, 0.15) is 5.82 Å². The van der Waals surface area contributed by atoms with Gasteiger partial charge in [0.15, 0.2) is 11.5 Å². The van der Waals surface area contributed by atoms with Crippen LogP contribution in [0, 0.1) is 6.92 Å². The lowest BCUT2D eigenvalue weighted by Crippen LogP contribution is -1.89. The Morgan fingerprint density at radius 1 is 1.11 bits per heavy atom. The van der Waals surface area contributed by atoms with E-state index in [4.69, 9.17) is 9.47 Å². The normalized spacial score (nSPS) is 10.9. The fourth-order valence-electron chi connectivity index (χ4n) is 2.07. The number of imidazole rings is 1. The molecule has 3 aromatic rings. The van der Waals surface area contributed by atoms with Crippen molar-refractivity contribution in [3.05, 3.63) is 28.5 Å². The van der Waals surface area contributed by atoms with E-state index in [1.165, 1.54) is 5.56 Å². The number of fused-ring (bicyclic) bond motifs is 1. The topological polar surface area (TPSA) is 47.1 Å². The number of thiophene rings is 1. The molecule has 0 amide bonds. The number of H-pyrrole nitrogens is 1. The molecule has 0 saturated heterocycles. The van der Waals surface area contributed by atoms with Gasteiger partial charge in [0, 0.05) is 23.1 Å². The van der Waals surface area contributed by atoms with E-state index in [1.54, 1.807) is 25.6 Å². The van der Waals surface area contributed by atoms with Crippen molar-refractivity contribution < 1.29 is 9.47 Å². The monoisotopic (exact) mass is 274 g/mol. The first kappa shape index (κ1) is 12.0. The largest absolute Gasteiger partial charge is 0.493 e. The Balaban J connectivity index is 2.18. The Kier molecular flexibility index (Phi) is 2.91. The first-order valence-electron chi connectivity index (χ1n) is 5.88. The molecule has 0 radical (unpaired) electrons. The Morgan fingerprint density at radius 3 is 2.47 bits per heavy atom. The summed E-state index contributed by atoms with van der Waals surface area (Å²) in [6, 6.07) is 3.79. The molecule has 3 rings (SSSR count). The minimum atomic E-state index is 0.690. The molecule has 0 aliphatic rings. The molecule has 4 nitrogen and oxygen atoms in total. The smallest absolute Gasteiger partial charge is 0.163 e. The molecule has 2 aromatic heterocycles. The third-order valence-corrected chi connectivity index (χ3v) is 3.96. The first-order chi connectivity index (χ1) is 9.22. The van der Waals surface area contributed by atoms with Crippen LogP contribution in [-0.4, -0.2) is 24.2 Å². The van der Waals surface area contributed by atoms with Crippen molar-refractivity contribution >= 4 is 22.4 Å². The van der Waals surface area contributed by atoms with Crippen LogP contribution in [0.1, 0.15) is 5.56 Å². The molecule has 0 unspecified atom stereocenters. The maximum atomic E-state index is 5.30. The van der Waals surface area contributed by atoms with Crippen LogP contribution in [0.25, 0.3) is 22.4 Å². The van der Waals surface area contributed by atoms with E-state index in [0.29, 0.717) is 11.5 Å². The number of ether oxygens (including phenoxy) is 2. The second-order valence-corrected chi connectivity index (χ2v) is 5.02. The maximum Gasteiger partial charge on any atom is 0.163 e.